The van der Waals surface area contributed by atoms with Gasteiger partial charge in [-0.1, -0.05) is 79.7 Å². The van der Waals surface area contributed by atoms with Crippen LogP contribution in [0, 0.1) is 16.0 Å². The van der Waals surface area contributed by atoms with E-state index in [2.05, 4.69) is 0 Å². The first-order valence-electron chi connectivity index (χ1n) is 17.5. The van der Waals surface area contributed by atoms with Crippen molar-refractivity contribution in [2.45, 2.75) is 44.5 Å². The molecule has 266 valence electrons. The van der Waals surface area contributed by atoms with Crippen LogP contribution in [0.1, 0.15) is 46.0 Å². The lowest BCUT2D eigenvalue weighted by molar-refractivity contribution is -0.385. The summed E-state index contributed by atoms with van der Waals surface area (Å²) in [5.41, 5.74) is 2.97. The third-order valence-electron chi connectivity index (χ3n) is 10.8. The number of carbonyl (C=O) groups excluding carboxylic acids is 3. The summed E-state index contributed by atoms with van der Waals surface area (Å²) in [5, 5.41) is 35.9. The van der Waals surface area contributed by atoms with Gasteiger partial charge in [-0.2, -0.15) is 0 Å². The Kier molecular flexibility index (Phi) is 8.39. The molecule has 0 spiro atoms. The Hall–Kier alpha value is -6.17. The summed E-state index contributed by atoms with van der Waals surface area (Å²) >= 11 is 0. The van der Waals surface area contributed by atoms with Crippen molar-refractivity contribution < 1.29 is 29.5 Å². The largest absolute Gasteiger partial charge is 0.394 e. The van der Waals surface area contributed by atoms with Gasteiger partial charge in [-0.25, -0.2) is 0 Å². The third kappa shape index (κ3) is 5.56. The van der Waals surface area contributed by atoms with Crippen LogP contribution in [0.4, 0.5) is 22.7 Å². The summed E-state index contributed by atoms with van der Waals surface area (Å²) in [6.07, 6.45) is 3.71. The van der Waals surface area contributed by atoms with E-state index in [0.29, 0.717) is 35.5 Å². The minimum atomic E-state index is -2.15. The van der Waals surface area contributed by atoms with Crippen LogP contribution in [0.2, 0.25) is 0 Å². The minimum absolute atomic E-state index is 0.0236. The first-order chi connectivity index (χ1) is 25.6. The number of non-ortho nitro benzene ring substituents is 1. The van der Waals surface area contributed by atoms with E-state index in [4.69, 9.17) is 0 Å². The predicted octanol–water partition coefficient (Wildman–Crippen LogP) is 6.30. The molecule has 3 heterocycles. The number of carbonyl (C=O) groups is 3. The lowest BCUT2D eigenvalue weighted by Crippen LogP contribution is -2.46. The number of aliphatic hydroxyl groups excluding tert-OH is 1. The highest BCUT2D eigenvalue weighted by atomic mass is 16.6. The second-order valence-corrected chi connectivity index (χ2v) is 13.9. The van der Waals surface area contributed by atoms with Crippen molar-refractivity contribution in [3.8, 4) is 0 Å². The summed E-state index contributed by atoms with van der Waals surface area (Å²) in [6.45, 7) is 1.89. The SMILES string of the molecule is C[C@@H](/C=C/CC(=O)N1Cc2ccccc2C[C@H]1CO)[C@]1(O)C(=O)N(Cc2ccc(N3C(=O)c4cccc5cccc3c45)cc2)c2ccc([N+](=O)[O-])cc21. The number of hydrogen-bond acceptors (Lipinski definition) is 7. The fourth-order valence-electron chi connectivity index (χ4n) is 7.98. The molecule has 3 aliphatic rings. The van der Waals surface area contributed by atoms with Crippen molar-refractivity contribution >= 4 is 51.2 Å². The van der Waals surface area contributed by atoms with E-state index in [1.165, 1.54) is 23.1 Å². The normalized spacial score (nSPS) is 19.6. The standard InChI is InChI=1S/C42H36N4O7/c1-26(7-4-14-38(48)43-24-30-9-3-2-8-29(30)21-33(43)25-47)42(51)35-22-32(46(52)53)19-20-36(35)44(41(42)50)23-27-15-17-31(18-16-27)45-37-13-6-11-28-10-5-12-34(39(28)37)40(45)49/h2-13,15-20,22,26,33,47,51H,14,21,23-25H2,1H3/b7-4+/t26-,33-,42+/m0/s1. The van der Waals surface area contributed by atoms with E-state index in [-0.39, 0.29) is 48.7 Å². The Morgan fingerprint density at radius 3 is 2.43 bits per heavy atom. The van der Waals surface area contributed by atoms with Gasteiger partial charge >= 0.3 is 0 Å². The average Bonchev–Trinajstić information content (AvgIpc) is 3.58. The maximum atomic E-state index is 14.2. The van der Waals surface area contributed by atoms with Crippen LogP contribution in [-0.4, -0.2) is 50.4 Å². The first-order valence-corrected chi connectivity index (χ1v) is 17.5. The molecule has 11 heteroatoms. The van der Waals surface area contributed by atoms with Crippen molar-refractivity contribution in [3.05, 3.63) is 153 Å². The van der Waals surface area contributed by atoms with Gasteiger partial charge < -0.3 is 20.0 Å². The molecule has 0 aromatic heterocycles. The number of fused-ring (bicyclic) bond motifs is 2. The van der Waals surface area contributed by atoms with Gasteiger partial charge in [-0.3, -0.25) is 29.4 Å². The molecule has 3 amide bonds. The molecule has 5 aromatic rings. The number of nitrogens with zero attached hydrogens (tertiary/aromatic N) is 4. The topological polar surface area (TPSA) is 145 Å². The maximum absolute atomic E-state index is 14.2. The van der Waals surface area contributed by atoms with Crippen molar-refractivity contribution in [1.82, 2.24) is 4.90 Å². The zero-order valence-corrected chi connectivity index (χ0v) is 28.9. The quantitative estimate of drug-likeness (QED) is 0.104. The molecule has 2 N–H and O–H groups in total. The van der Waals surface area contributed by atoms with E-state index < -0.39 is 22.3 Å². The van der Waals surface area contributed by atoms with Gasteiger partial charge in [-0.15, -0.1) is 0 Å². The zero-order valence-electron chi connectivity index (χ0n) is 28.9. The van der Waals surface area contributed by atoms with Crippen molar-refractivity contribution in [2.24, 2.45) is 5.92 Å². The van der Waals surface area contributed by atoms with Crippen molar-refractivity contribution in [3.63, 3.8) is 0 Å². The van der Waals surface area contributed by atoms with E-state index in [1.807, 2.05) is 84.9 Å². The van der Waals surface area contributed by atoms with Crippen LogP contribution in [0.3, 0.4) is 0 Å². The summed E-state index contributed by atoms with van der Waals surface area (Å²) < 4.78 is 0. The van der Waals surface area contributed by atoms with E-state index in [1.54, 1.807) is 28.9 Å². The lowest BCUT2D eigenvalue weighted by atomic mass is 9.82. The van der Waals surface area contributed by atoms with E-state index >= 15 is 0 Å². The Morgan fingerprint density at radius 1 is 0.962 bits per heavy atom. The van der Waals surface area contributed by atoms with Gasteiger partial charge in [0.1, 0.15) is 0 Å². The first kappa shape index (κ1) is 33.9. The molecular formula is C42H36N4O7. The molecule has 53 heavy (non-hydrogen) atoms. The van der Waals surface area contributed by atoms with Gasteiger partial charge in [0.05, 0.1) is 41.1 Å². The molecule has 0 bridgehead atoms. The number of anilines is 3. The fraction of sp³-hybridized carbons (Fsp3) is 0.214. The Labute approximate surface area is 305 Å². The van der Waals surface area contributed by atoms with Crippen LogP contribution in [0.5, 0.6) is 0 Å². The average molecular weight is 709 g/mol. The maximum Gasteiger partial charge on any atom is 0.269 e. The zero-order chi connectivity index (χ0) is 37.0. The van der Waals surface area contributed by atoms with Crippen LogP contribution in [-0.2, 0) is 34.7 Å². The van der Waals surface area contributed by atoms with Gasteiger partial charge in [0.2, 0.25) is 5.91 Å². The number of amides is 3. The number of nitro benzene ring substituents is 1. The molecule has 11 nitrogen and oxygen atoms in total. The van der Waals surface area contributed by atoms with E-state index in [9.17, 15) is 34.7 Å². The Bertz CT molecular complexity index is 2350. The van der Waals surface area contributed by atoms with E-state index in [0.717, 1.165) is 27.6 Å². The second-order valence-electron chi connectivity index (χ2n) is 13.9. The molecule has 3 atom stereocenters. The van der Waals surface area contributed by atoms with Crippen LogP contribution in [0.25, 0.3) is 10.8 Å². The van der Waals surface area contributed by atoms with Crippen LogP contribution < -0.4 is 9.80 Å². The molecule has 0 saturated carbocycles. The molecule has 8 rings (SSSR count). The molecular weight excluding hydrogens is 672 g/mol. The minimum Gasteiger partial charge on any atom is -0.394 e. The molecule has 0 aliphatic carbocycles. The number of aliphatic hydroxyl groups is 2. The molecule has 0 radical (unpaired) electrons. The van der Waals surface area contributed by atoms with Crippen LogP contribution in [0.15, 0.2) is 115 Å². The summed E-state index contributed by atoms with van der Waals surface area (Å²) in [6, 6.07) is 30.2. The highest BCUT2D eigenvalue weighted by molar-refractivity contribution is 6.27. The third-order valence-corrected chi connectivity index (χ3v) is 10.8. The number of rotatable bonds is 9. The molecule has 5 aromatic carbocycles. The monoisotopic (exact) mass is 708 g/mol. The molecule has 0 saturated heterocycles. The highest BCUT2D eigenvalue weighted by Crippen LogP contribution is 2.47. The molecule has 0 unspecified atom stereocenters. The van der Waals surface area contributed by atoms with Crippen molar-refractivity contribution in [2.75, 3.05) is 16.4 Å². The number of nitro groups is 1. The number of benzene rings is 5. The second kappa shape index (κ2) is 13.1. The van der Waals surface area contributed by atoms with Gasteiger partial charge in [0, 0.05) is 47.7 Å². The number of hydrogen-bond donors (Lipinski definition) is 2. The van der Waals surface area contributed by atoms with Gasteiger partial charge in [0.15, 0.2) is 5.60 Å². The smallest absolute Gasteiger partial charge is 0.269 e. The van der Waals surface area contributed by atoms with Crippen LogP contribution >= 0.6 is 0 Å². The van der Waals surface area contributed by atoms with Gasteiger partial charge in [0.25, 0.3) is 17.5 Å². The predicted molar refractivity (Wildman–Crippen MR) is 200 cm³/mol. The van der Waals surface area contributed by atoms with Gasteiger partial charge in [-0.05, 0) is 58.8 Å². The molecule has 3 aliphatic heterocycles. The fourth-order valence-corrected chi connectivity index (χ4v) is 7.98. The summed E-state index contributed by atoms with van der Waals surface area (Å²) in [5.74, 6) is -1.84. The summed E-state index contributed by atoms with van der Waals surface area (Å²) in [4.78, 5) is 57.0. The molecule has 0 fully saturated rings. The van der Waals surface area contributed by atoms with Crippen molar-refractivity contribution in [1.29, 1.82) is 0 Å². The highest BCUT2D eigenvalue weighted by Gasteiger charge is 2.53. The summed E-state index contributed by atoms with van der Waals surface area (Å²) in [7, 11) is 0. The Morgan fingerprint density at radius 2 is 1.70 bits per heavy atom. The lowest BCUT2D eigenvalue weighted by Gasteiger charge is -2.36. The Balaban J connectivity index is 1.03.